The van der Waals surface area contributed by atoms with E-state index in [0.717, 1.165) is 74.1 Å². The van der Waals surface area contributed by atoms with Crippen molar-refractivity contribution in [1.82, 2.24) is 34.9 Å². The van der Waals surface area contributed by atoms with E-state index in [0.29, 0.717) is 12.0 Å². The fraction of sp³-hybridized carbons (Fsp3) is 0.314. The highest BCUT2D eigenvalue weighted by atomic mass is 32.2. The maximum Gasteiger partial charge on any atom is 0.307 e. The Balaban J connectivity index is 0.000000372. The number of unbranched alkanes of at least 4 members (excludes halogenated alkanes) is 5. The van der Waals surface area contributed by atoms with Crippen molar-refractivity contribution in [3.63, 3.8) is 0 Å². The molecule has 0 fully saturated rings. The first-order valence-corrected chi connectivity index (χ1v) is 43.5. The summed E-state index contributed by atoms with van der Waals surface area (Å²) < 4.78 is 175. The summed E-state index contributed by atoms with van der Waals surface area (Å²) in [5, 5.41) is 61.4. The number of methoxy groups -OCH3 is 6. The lowest BCUT2D eigenvalue weighted by Crippen LogP contribution is -2.14. The molecule has 648 valence electrons. The molecule has 7 aromatic heterocycles. The minimum Gasteiger partial charge on any atom is -0.481 e. The second-order valence-electron chi connectivity index (χ2n) is 23.6. The highest BCUT2D eigenvalue weighted by molar-refractivity contribution is 7.92. The number of Topliss-reactive ketones (excluding diaryl/α,β-unsaturated/α-hetero) is 1. The molecule has 0 bridgehead atoms. The van der Waals surface area contributed by atoms with Crippen LogP contribution in [0.3, 0.4) is 0 Å². The molecule has 120 heavy (non-hydrogen) atoms. The summed E-state index contributed by atoms with van der Waals surface area (Å²) in [6.45, 7) is 6.55. The second kappa shape index (κ2) is 46.3. The highest BCUT2D eigenvalue weighted by Crippen LogP contribution is 2.34. The van der Waals surface area contributed by atoms with Gasteiger partial charge in [0.05, 0.1) is 100 Å². The maximum absolute atomic E-state index is 12.5. The van der Waals surface area contributed by atoms with Crippen molar-refractivity contribution in [1.29, 1.82) is 0 Å². The fourth-order valence-electron chi connectivity index (χ4n) is 9.30. The van der Waals surface area contributed by atoms with Crippen LogP contribution < -0.4 is 28.4 Å². The van der Waals surface area contributed by atoms with Gasteiger partial charge >= 0.3 is 34.1 Å². The first-order chi connectivity index (χ1) is 55.9. The average molecular weight is 1790 g/mol. The van der Waals surface area contributed by atoms with E-state index in [1.54, 1.807) is 42.5 Å². The van der Waals surface area contributed by atoms with E-state index in [4.69, 9.17) is 28.4 Å². The minimum absolute atomic E-state index is 0. The van der Waals surface area contributed by atoms with Crippen molar-refractivity contribution in [3.05, 3.63) is 224 Å². The van der Waals surface area contributed by atoms with E-state index in [-0.39, 0.29) is 82.1 Å². The van der Waals surface area contributed by atoms with Crippen LogP contribution in [0.1, 0.15) is 84.3 Å². The number of ether oxygens (including phenoxy) is 6. The van der Waals surface area contributed by atoms with Gasteiger partial charge in [-0.05, 0) is 50.1 Å². The zero-order chi connectivity index (χ0) is 89.4. The molecule has 0 aliphatic carbocycles. The van der Waals surface area contributed by atoms with Crippen molar-refractivity contribution in [2.24, 2.45) is 0 Å². The van der Waals surface area contributed by atoms with Gasteiger partial charge in [0.2, 0.25) is 124 Å². The van der Waals surface area contributed by atoms with Crippen LogP contribution in [0, 0.1) is 67.6 Å². The minimum atomic E-state index is -4.19. The molecule has 7 heterocycles. The average Bonchev–Trinajstić information content (AvgIpc) is 0.780. The Kier molecular flexibility index (Phi) is 39.0. The van der Waals surface area contributed by atoms with E-state index in [2.05, 4.69) is 41.8 Å². The SMILES string of the molecule is C.CCCCCCCCS(=O)(=O)c1nc(OC)ccc1[N+](=O)[O-].CCS(=O)(=O)c1nc(OC)ccc1[N+](=O)[O-].COc1ccc([N+](=O)[O-])c(S(=O)(=O)CCC(C)=O)n1.COc1ccc([N+](=O)[O-])c(S(=O)(=O)Cc2ccccc2)n1.COc1ccc([N+](=O)[O-])c(S(=O)(=O)c2ccc(C)cc2)n1.COc1ccc([N+](=O)[O-])c(S(=O)(=O)c2ccccn2)n1. The molecule has 2 aromatic carbocycles. The number of hydrogen-bond acceptors (Lipinski definition) is 38. The number of sulfone groups is 6. The lowest BCUT2D eigenvalue weighted by Gasteiger charge is -2.06. The molecule has 0 amide bonds. The molecule has 9 aromatic rings. The predicted octanol–water partition coefficient (Wildman–Crippen LogP) is 10.7. The zero-order valence-electron chi connectivity index (χ0n) is 64.6. The molecule has 50 heteroatoms. The molecular weight excluding hydrogens is 1710 g/mol. The molecule has 0 aliphatic heterocycles. The molecular formula is C70H81N13O31S6. The normalized spacial score (nSPS) is 11.1. The van der Waals surface area contributed by atoms with Gasteiger partial charge in [0, 0.05) is 85.4 Å². The molecule has 0 atom stereocenters. The molecule has 0 radical (unpaired) electrons. The zero-order valence-corrected chi connectivity index (χ0v) is 69.5. The van der Waals surface area contributed by atoms with Gasteiger partial charge in [0.1, 0.15) is 5.78 Å². The Hall–Kier alpha value is -12.9. The molecule has 9 rings (SSSR count). The molecule has 0 saturated heterocycles. The summed E-state index contributed by atoms with van der Waals surface area (Å²) in [6, 6.07) is 32.4. The van der Waals surface area contributed by atoms with Gasteiger partial charge in [-0.1, -0.05) is 107 Å². The van der Waals surface area contributed by atoms with E-state index >= 15 is 0 Å². The number of ketones is 1. The standard InChI is InChI=1S/C14H22N2O5S.2C13H12N2O5S.C11H9N3O5S.C10H12N2O6S.C8H10N2O5S.CH4/c1-3-4-5-6-7-8-11-22(19,20)14-12(16(17)18)9-10-13(15-14)21-2;1-9-3-5-10(6-4-9)21(18,19)13-11(15(16)17)7-8-12(14-13)20-2;1-20-12-8-7-11(15(16)17)13(14-12)21(18,19)9-10-5-3-2-4-6-10;1-19-9-6-5-8(14(15)16)11(13-9)20(17,18)10-4-2-3-7-12-10;1-7(13)5-6-19(16,17)10-8(12(14)15)3-4-9(11-10)18-2;1-3-16(13,14)8-6(10(11)12)4-5-7(9-8)15-2;/h9-10H,3-8,11H2,1-2H3;3-8H,1-2H3;2-8H,9H2,1H3;2-7H,1H3;3-4H,5-6H2,1-2H3;4-5H,3H2,1-2H3;1H4. The third-order valence-corrected chi connectivity index (χ3v) is 25.2. The number of aryl methyl sites for hydroxylation is 1. The summed E-state index contributed by atoms with van der Waals surface area (Å²) >= 11 is 0. The first-order valence-electron chi connectivity index (χ1n) is 34.0. The number of nitrogens with zero attached hydrogens (tertiary/aromatic N) is 13. The topological polar surface area (TPSA) is 626 Å². The summed E-state index contributed by atoms with van der Waals surface area (Å²) in [4.78, 5) is 97.2. The Morgan fingerprint density at radius 2 is 0.667 bits per heavy atom. The van der Waals surface area contributed by atoms with Crippen molar-refractivity contribution < 1.29 is 113 Å². The van der Waals surface area contributed by atoms with Crippen molar-refractivity contribution >= 4 is 98.9 Å². The van der Waals surface area contributed by atoms with Gasteiger partial charge < -0.3 is 28.4 Å². The number of hydrogen-bond donors (Lipinski definition) is 0. The summed E-state index contributed by atoms with van der Waals surface area (Å²) in [6.07, 6.45) is 6.62. The molecule has 0 spiro atoms. The molecule has 0 aliphatic rings. The van der Waals surface area contributed by atoms with Crippen molar-refractivity contribution in [3.8, 4) is 35.3 Å². The van der Waals surface area contributed by atoms with Crippen LogP contribution in [0.25, 0.3) is 0 Å². The van der Waals surface area contributed by atoms with Crippen LogP contribution >= 0.6 is 0 Å². The lowest BCUT2D eigenvalue weighted by atomic mass is 10.1. The Morgan fingerprint density at radius 3 is 0.992 bits per heavy atom. The molecule has 44 nitrogen and oxygen atoms in total. The summed E-state index contributed by atoms with van der Waals surface area (Å²) in [5.41, 5.74) is -2.06. The van der Waals surface area contributed by atoms with Crippen LogP contribution in [-0.2, 0) is 69.6 Å². The third-order valence-electron chi connectivity index (χ3n) is 15.3. The van der Waals surface area contributed by atoms with Gasteiger partial charge in [-0.15, -0.1) is 0 Å². The van der Waals surface area contributed by atoms with E-state index in [9.17, 15) is 116 Å². The smallest absolute Gasteiger partial charge is 0.307 e. The number of carbonyl (C=O) groups excluding carboxylic acids is 1. The highest BCUT2D eigenvalue weighted by Gasteiger charge is 2.35. The van der Waals surface area contributed by atoms with Gasteiger partial charge in [-0.3, -0.25) is 65.5 Å². The van der Waals surface area contributed by atoms with Gasteiger partial charge in [0.25, 0.3) is 0 Å². The first kappa shape index (κ1) is 101. The molecule has 0 unspecified atom stereocenters. The van der Waals surface area contributed by atoms with Gasteiger partial charge in [0.15, 0.2) is 5.03 Å². The molecule has 0 N–H and O–H groups in total. The van der Waals surface area contributed by atoms with Crippen LogP contribution in [0.15, 0.2) is 192 Å². The number of nitro groups is 6. The second-order valence-corrected chi connectivity index (χ2v) is 35.4. The number of carbonyl (C=O) groups is 1. The van der Waals surface area contributed by atoms with Crippen molar-refractivity contribution in [2.45, 2.75) is 126 Å². The van der Waals surface area contributed by atoms with Crippen LogP contribution in [-0.4, -0.2) is 181 Å². The number of pyridine rings is 7. The van der Waals surface area contributed by atoms with Crippen LogP contribution in [0.5, 0.6) is 35.3 Å². The summed E-state index contributed by atoms with van der Waals surface area (Å²) in [5.74, 6) is -1.62. The maximum atomic E-state index is 12.5. The van der Waals surface area contributed by atoms with Crippen molar-refractivity contribution in [2.75, 3.05) is 59.9 Å². The number of rotatable bonds is 33. The van der Waals surface area contributed by atoms with Crippen LogP contribution in [0.4, 0.5) is 34.1 Å². The predicted molar refractivity (Wildman–Crippen MR) is 426 cm³/mol. The third kappa shape index (κ3) is 29.0. The van der Waals surface area contributed by atoms with Crippen LogP contribution in [0.2, 0.25) is 0 Å². The van der Waals surface area contributed by atoms with Gasteiger partial charge in [-0.2, -0.15) is 29.9 Å². The quantitative estimate of drug-likeness (QED) is 0.0209. The summed E-state index contributed by atoms with van der Waals surface area (Å²) in [7, 11) is -16.0. The lowest BCUT2D eigenvalue weighted by molar-refractivity contribution is -0.388. The Bertz CT molecular complexity index is 5850. The largest absolute Gasteiger partial charge is 0.481 e. The Morgan fingerprint density at radius 1 is 0.358 bits per heavy atom. The van der Waals surface area contributed by atoms with Gasteiger partial charge in [-0.25, -0.2) is 55.5 Å². The fourth-order valence-corrected chi connectivity index (χ4v) is 17.3. The number of benzene rings is 2. The monoisotopic (exact) mass is 1790 g/mol. The van der Waals surface area contributed by atoms with E-state index in [1.165, 1.54) is 129 Å². The Labute approximate surface area is 687 Å². The number of aromatic nitrogens is 7. The van der Waals surface area contributed by atoms with E-state index in [1.807, 2.05) is 6.92 Å². The molecule has 0 saturated carbocycles. The van der Waals surface area contributed by atoms with E-state index < -0.39 is 159 Å².